The number of unbranched alkanes of at least 4 members (excludes halogenated alkanes) is 2. The summed E-state index contributed by atoms with van der Waals surface area (Å²) in [5.41, 5.74) is 0.139. The van der Waals surface area contributed by atoms with E-state index in [4.69, 9.17) is 9.47 Å². The van der Waals surface area contributed by atoms with Gasteiger partial charge >= 0.3 is 5.69 Å². The van der Waals surface area contributed by atoms with Crippen molar-refractivity contribution in [2.24, 2.45) is 0 Å². The fourth-order valence-corrected chi connectivity index (χ4v) is 3.31. The second kappa shape index (κ2) is 10.1. The van der Waals surface area contributed by atoms with E-state index in [0.29, 0.717) is 23.8 Å². The Morgan fingerprint density at radius 1 is 1.17 bits per heavy atom. The highest BCUT2D eigenvalue weighted by molar-refractivity contribution is 5.40. The molecule has 0 bridgehead atoms. The second-order valence-electron chi connectivity index (χ2n) is 7.53. The summed E-state index contributed by atoms with van der Waals surface area (Å²) in [6.45, 7) is 2.25. The SMILES string of the molecule is COc1cnc(C(C)(O)Cn2cc[nH]c2=O)cc1OCCCCCc1ccccc1. The first kappa shape index (κ1) is 21.6. The van der Waals surface area contributed by atoms with Crippen molar-refractivity contribution in [3.8, 4) is 11.5 Å². The molecule has 1 atom stereocenters. The van der Waals surface area contributed by atoms with E-state index in [1.54, 1.807) is 26.3 Å². The number of aromatic nitrogens is 3. The van der Waals surface area contributed by atoms with Crippen molar-refractivity contribution in [1.82, 2.24) is 14.5 Å². The van der Waals surface area contributed by atoms with E-state index >= 15 is 0 Å². The van der Waals surface area contributed by atoms with Gasteiger partial charge in [0, 0.05) is 18.5 Å². The maximum absolute atomic E-state index is 11.7. The van der Waals surface area contributed by atoms with E-state index in [1.165, 1.54) is 22.5 Å². The summed E-state index contributed by atoms with van der Waals surface area (Å²) < 4.78 is 12.7. The molecule has 0 saturated heterocycles. The van der Waals surface area contributed by atoms with Gasteiger partial charge in [0.25, 0.3) is 0 Å². The van der Waals surface area contributed by atoms with E-state index in [0.717, 1.165) is 25.7 Å². The van der Waals surface area contributed by atoms with Gasteiger partial charge in [-0.15, -0.1) is 0 Å². The molecule has 1 unspecified atom stereocenters. The third kappa shape index (κ3) is 5.73. The lowest BCUT2D eigenvalue weighted by Crippen LogP contribution is -2.33. The van der Waals surface area contributed by atoms with Crippen molar-refractivity contribution in [3.63, 3.8) is 0 Å². The topological polar surface area (TPSA) is 89.4 Å². The molecule has 0 spiro atoms. The van der Waals surface area contributed by atoms with Crippen LogP contribution in [0.3, 0.4) is 0 Å². The summed E-state index contributed by atoms with van der Waals surface area (Å²) in [6.07, 6.45) is 8.80. The number of methoxy groups -OCH3 is 1. The minimum atomic E-state index is -1.34. The number of aryl methyl sites for hydroxylation is 1. The summed E-state index contributed by atoms with van der Waals surface area (Å²) in [6, 6.07) is 12.1. The Kier molecular flexibility index (Phi) is 7.30. The summed E-state index contributed by atoms with van der Waals surface area (Å²) in [4.78, 5) is 18.6. The van der Waals surface area contributed by atoms with E-state index in [9.17, 15) is 9.90 Å². The quantitative estimate of drug-likeness (QED) is 0.473. The zero-order valence-electron chi connectivity index (χ0n) is 17.5. The lowest BCUT2D eigenvalue weighted by Gasteiger charge is -2.24. The van der Waals surface area contributed by atoms with Crippen LogP contribution in [0.4, 0.5) is 0 Å². The second-order valence-corrected chi connectivity index (χ2v) is 7.53. The summed E-state index contributed by atoms with van der Waals surface area (Å²) in [5.74, 6) is 1.05. The van der Waals surface area contributed by atoms with Gasteiger partial charge in [-0.3, -0.25) is 9.55 Å². The molecule has 2 N–H and O–H groups in total. The number of nitrogens with zero attached hydrogens (tertiary/aromatic N) is 2. The molecule has 1 aromatic carbocycles. The third-order valence-electron chi connectivity index (χ3n) is 5.01. The molecule has 0 aliphatic heterocycles. The molecule has 2 heterocycles. The van der Waals surface area contributed by atoms with Crippen LogP contribution in [0.25, 0.3) is 0 Å². The predicted octanol–water partition coefficient (Wildman–Crippen LogP) is 3.28. The molecule has 3 rings (SSSR count). The van der Waals surface area contributed by atoms with Crippen molar-refractivity contribution in [2.45, 2.75) is 44.8 Å². The number of aromatic amines is 1. The Balaban J connectivity index is 1.56. The van der Waals surface area contributed by atoms with Crippen molar-refractivity contribution in [3.05, 3.63) is 76.7 Å². The van der Waals surface area contributed by atoms with Gasteiger partial charge in [0.05, 0.1) is 32.2 Å². The monoisotopic (exact) mass is 411 g/mol. The fraction of sp³-hybridized carbons (Fsp3) is 0.391. The van der Waals surface area contributed by atoms with Crippen LogP contribution in [0.1, 0.15) is 37.4 Å². The highest BCUT2D eigenvalue weighted by Gasteiger charge is 2.27. The van der Waals surface area contributed by atoms with Crippen LogP contribution in [0.2, 0.25) is 0 Å². The minimum absolute atomic E-state index is 0.0770. The largest absolute Gasteiger partial charge is 0.491 e. The number of aliphatic hydroxyl groups is 1. The summed E-state index contributed by atoms with van der Waals surface area (Å²) >= 11 is 0. The fourth-order valence-electron chi connectivity index (χ4n) is 3.31. The Hall–Kier alpha value is -3.06. The highest BCUT2D eigenvalue weighted by atomic mass is 16.5. The average Bonchev–Trinajstić information content (AvgIpc) is 3.15. The number of hydrogen-bond donors (Lipinski definition) is 2. The molecular weight excluding hydrogens is 382 g/mol. The number of benzene rings is 1. The smallest absolute Gasteiger partial charge is 0.325 e. The van der Waals surface area contributed by atoms with Gasteiger partial charge in [-0.1, -0.05) is 30.3 Å². The van der Waals surface area contributed by atoms with Crippen LogP contribution in [0.15, 0.2) is 59.8 Å². The molecule has 0 aliphatic carbocycles. The van der Waals surface area contributed by atoms with Gasteiger partial charge in [0.2, 0.25) is 0 Å². The van der Waals surface area contributed by atoms with Gasteiger partial charge in [-0.05, 0) is 38.2 Å². The standard InChI is InChI=1S/C23H29N3O4/c1-23(28,17-26-13-12-24-22(26)27)21-15-19(20(29-2)16-25-21)30-14-8-4-7-11-18-9-5-3-6-10-18/h3,5-6,9-10,12-13,15-16,28H,4,7-8,11,14,17H2,1-2H3,(H,24,27). The number of ether oxygens (including phenoxy) is 2. The van der Waals surface area contributed by atoms with Gasteiger partial charge in [0.15, 0.2) is 11.5 Å². The van der Waals surface area contributed by atoms with E-state index in [-0.39, 0.29) is 12.2 Å². The molecule has 0 fully saturated rings. The number of hydrogen-bond acceptors (Lipinski definition) is 5. The van der Waals surface area contributed by atoms with E-state index in [1.807, 2.05) is 6.07 Å². The number of pyridine rings is 1. The van der Waals surface area contributed by atoms with Gasteiger partial charge in [0.1, 0.15) is 5.60 Å². The first-order chi connectivity index (χ1) is 14.5. The van der Waals surface area contributed by atoms with Crippen LogP contribution in [0, 0.1) is 0 Å². The maximum Gasteiger partial charge on any atom is 0.325 e. The third-order valence-corrected chi connectivity index (χ3v) is 5.01. The molecule has 3 aromatic rings. The van der Waals surface area contributed by atoms with Crippen LogP contribution in [-0.4, -0.2) is 33.4 Å². The molecule has 0 aliphatic rings. The number of H-pyrrole nitrogens is 1. The first-order valence-corrected chi connectivity index (χ1v) is 10.2. The predicted molar refractivity (Wildman–Crippen MR) is 115 cm³/mol. The normalized spacial score (nSPS) is 13.0. The molecule has 7 heteroatoms. The minimum Gasteiger partial charge on any atom is -0.491 e. The average molecular weight is 412 g/mol. The van der Waals surface area contributed by atoms with Crippen molar-refractivity contribution >= 4 is 0 Å². The molecule has 160 valence electrons. The number of nitrogens with one attached hydrogen (secondary N) is 1. The molecular formula is C23H29N3O4. The number of imidazole rings is 1. The lowest BCUT2D eigenvalue weighted by atomic mass is 10.0. The lowest BCUT2D eigenvalue weighted by molar-refractivity contribution is 0.0325. The van der Waals surface area contributed by atoms with Gasteiger partial charge in [-0.2, -0.15) is 0 Å². The van der Waals surface area contributed by atoms with E-state index < -0.39 is 5.60 Å². The molecule has 0 amide bonds. The van der Waals surface area contributed by atoms with Crippen molar-refractivity contribution in [2.75, 3.05) is 13.7 Å². The summed E-state index contributed by atoms with van der Waals surface area (Å²) in [5, 5.41) is 10.9. The van der Waals surface area contributed by atoms with Gasteiger partial charge < -0.3 is 19.6 Å². The zero-order valence-corrected chi connectivity index (χ0v) is 17.5. The molecule has 2 aromatic heterocycles. The Labute approximate surface area is 176 Å². The van der Waals surface area contributed by atoms with Crippen molar-refractivity contribution < 1.29 is 14.6 Å². The Bertz CT molecular complexity index is 979. The van der Waals surface area contributed by atoms with E-state index in [2.05, 4.69) is 34.2 Å². The Morgan fingerprint density at radius 3 is 2.67 bits per heavy atom. The van der Waals surface area contributed by atoms with Crippen LogP contribution >= 0.6 is 0 Å². The molecule has 7 nitrogen and oxygen atoms in total. The first-order valence-electron chi connectivity index (χ1n) is 10.2. The number of rotatable bonds is 11. The van der Waals surface area contributed by atoms with Crippen LogP contribution in [0.5, 0.6) is 11.5 Å². The highest BCUT2D eigenvalue weighted by Crippen LogP contribution is 2.31. The molecule has 0 saturated carbocycles. The zero-order chi connectivity index (χ0) is 21.4. The van der Waals surface area contributed by atoms with Crippen LogP contribution in [-0.2, 0) is 18.6 Å². The van der Waals surface area contributed by atoms with Gasteiger partial charge in [-0.25, -0.2) is 4.79 Å². The maximum atomic E-state index is 11.7. The molecule has 30 heavy (non-hydrogen) atoms. The van der Waals surface area contributed by atoms with Crippen LogP contribution < -0.4 is 15.2 Å². The Morgan fingerprint density at radius 2 is 1.97 bits per heavy atom. The van der Waals surface area contributed by atoms with Crippen molar-refractivity contribution in [1.29, 1.82) is 0 Å². The molecule has 0 radical (unpaired) electrons. The summed E-state index contributed by atoms with van der Waals surface area (Å²) in [7, 11) is 1.56.